The summed E-state index contributed by atoms with van der Waals surface area (Å²) >= 11 is 0. The van der Waals surface area contributed by atoms with E-state index in [1.54, 1.807) is 0 Å². The Bertz CT molecular complexity index is 371. The zero-order valence-electron chi connectivity index (χ0n) is 11.3. The minimum atomic E-state index is -0.0285. The molecule has 1 aliphatic carbocycles. The fourth-order valence-electron chi connectivity index (χ4n) is 3.10. The monoisotopic (exact) mass is 235 g/mol. The summed E-state index contributed by atoms with van der Waals surface area (Å²) in [6, 6.07) is 0. The summed E-state index contributed by atoms with van der Waals surface area (Å²) in [6.45, 7) is 7.69. The van der Waals surface area contributed by atoms with Crippen LogP contribution in [0.25, 0.3) is 0 Å². The Hall–Kier alpha value is -0.830. The van der Waals surface area contributed by atoms with E-state index in [9.17, 15) is 0 Å². The molecule has 0 spiro atoms. The third kappa shape index (κ3) is 2.54. The molecule has 2 rings (SSSR count). The molecule has 1 aromatic rings. The van der Waals surface area contributed by atoms with Crippen molar-refractivity contribution < 1.29 is 0 Å². The highest BCUT2D eigenvalue weighted by molar-refractivity contribution is 5.12. The first kappa shape index (κ1) is 12.6. The molecule has 1 heterocycles. The Labute approximate surface area is 104 Å². The zero-order valence-corrected chi connectivity index (χ0v) is 11.3. The summed E-state index contributed by atoms with van der Waals surface area (Å²) in [6.07, 6.45) is 8.83. The van der Waals surface area contributed by atoms with Gasteiger partial charge in [-0.05, 0) is 37.2 Å². The number of hydrogen-bond acceptors (Lipinski definition) is 2. The first-order valence-electron chi connectivity index (χ1n) is 6.85. The van der Waals surface area contributed by atoms with E-state index >= 15 is 0 Å². The Morgan fingerprint density at radius 3 is 2.94 bits per heavy atom. The van der Waals surface area contributed by atoms with Crippen LogP contribution in [-0.2, 0) is 13.0 Å². The van der Waals surface area contributed by atoms with Crippen LogP contribution in [0.2, 0.25) is 0 Å². The highest BCUT2D eigenvalue weighted by Gasteiger charge is 2.38. The second-order valence-electron chi connectivity index (χ2n) is 5.77. The van der Waals surface area contributed by atoms with E-state index in [4.69, 9.17) is 5.73 Å². The van der Waals surface area contributed by atoms with Gasteiger partial charge in [-0.3, -0.25) is 4.68 Å². The largest absolute Gasteiger partial charge is 0.325 e. The van der Waals surface area contributed by atoms with Gasteiger partial charge in [0.1, 0.15) is 0 Å². The molecule has 0 aliphatic heterocycles. The maximum atomic E-state index is 6.64. The summed E-state index contributed by atoms with van der Waals surface area (Å²) in [5.41, 5.74) is 7.90. The summed E-state index contributed by atoms with van der Waals surface area (Å²) in [5, 5.41) is 4.34. The molecule has 3 heteroatoms. The summed E-state index contributed by atoms with van der Waals surface area (Å²) < 4.78 is 1.98. The molecule has 0 aromatic carbocycles. The average molecular weight is 235 g/mol. The van der Waals surface area contributed by atoms with Gasteiger partial charge in [-0.1, -0.05) is 26.7 Å². The molecular weight excluding hydrogens is 210 g/mol. The van der Waals surface area contributed by atoms with Crippen molar-refractivity contribution >= 4 is 0 Å². The van der Waals surface area contributed by atoms with Crippen molar-refractivity contribution in [3.63, 3.8) is 0 Å². The lowest BCUT2D eigenvalue weighted by Crippen LogP contribution is -2.52. The number of aryl methyl sites for hydroxylation is 1. The SMILES string of the molecule is CCn1cc(CC2(N)CCCC(C)C2C)cn1. The lowest BCUT2D eigenvalue weighted by molar-refractivity contribution is 0.143. The maximum absolute atomic E-state index is 6.64. The van der Waals surface area contributed by atoms with Crippen molar-refractivity contribution in [3.8, 4) is 0 Å². The number of aromatic nitrogens is 2. The second-order valence-corrected chi connectivity index (χ2v) is 5.77. The van der Waals surface area contributed by atoms with Crippen molar-refractivity contribution in [2.45, 2.75) is 58.5 Å². The Balaban J connectivity index is 2.10. The van der Waals surface area contributed by atoms with Gasteiger partial charge in [0.25, 0.3) is 0 Å². The van der Waals surface area contributed by atoms with E-state index in [2.05, 4.69) is 32.1 Å². The molecule has 1 aliphatic rings. The molecule has 3 nitrogen and oxygen atoms in total. The van der Waals surface area contributed by atoms with Gasteiger partial charge in [0.2, 0.25) is 0 Å². The van der Waals surface area contributed by atoms with Crippen LogP contribution in [0.1, 0.15) is 45.6 Å². The molecule has 1 aromatic heterocycles. The zero-order chi connectivity index (χ0) is 12.5. The average Bonchev–Trinajstić information content (AvgIpc) is 2.73. The number of rotatable bonds is 3. The van der Waals surface area contributed by atoms with Crippen molar-refractivity contribution in [2.75, 3.05) is 0 Å². The van der Waals surface area contributed by atoms with Crippen molar-refractivity contribution in [3.05, 3.63) is 18.0 Å². The van der Waals surface area contributed by atoms with Gasteiger partial charge < -0.3 is 5.73 Å². The first-order valence-corrected chi connectivity index (χ1v) is 6.85. The normalized spacial score (nSPS) is 33.9. The standard InChI is InChI=1S/C14H25N3/c1-4-17-10-13(9-16-17)8-14(15)7-5-6-11(2)12(14)3/h9-12H,4-8,15H2,1-3H3. The summed E-state index contributed by atoms with van der Waals surface area (Å²) in [7, 11) is 0. The molecule has 96 valence electrons. The topological polar surface area (TPSA) is 43.8 Å². The minimum Gasteiger partial charge on any atom is -0.325 e. The molecule has 1 fully saturated rings. The Morgan fingerprint density at radius 2 is 2.29 bits per heavy atom. The van der Waals surface area contributed by atoms with E-state index in [1.165, 1.54) is 18.4 Å². The molecule has 0 amide bonds. The smallest absolute Gasteiger partial charge is 0.0522 e. The Morgan fingerprint density at radius 1 is 1.53 bits per heavy atom. The highest BCUT2D eigenvalue weighted by atomic mass is 15.3. The second kappa shape index (κ2) is 4.81. The fraction of sp³-hybridized carbons (Fsp3) is 0.786. The minimum absolute atomic E-state index is 0.0285. The lowest BCUT2D eigenvalue weighted by Gasteiger charge is -2.43. The molecule has 0 saturated heterocycles. The van der Waals surface area contributed by atoms with Crippen LogP contribution >= 0.6 is 0 Å². The van der Waals surface area contributed by atoms with Crippen LogP contribution in [0.3, 0.4) is 0 Å². The van der Waals surface area contributed by atoms with E-state index in [0.717, 1.165) is 25.3 Å². The van der Waals surface area contributed by atoms with Crippen LogP contribution in [0.15, 0.2) is 12.4 Å². The summed E-state index contributed by atoms with van der Waals surface area (Å²) in [4.78, 5) is 0. The molecule has 0 bridgehead atoms. The van der Waals surface area contributed by atoms with Gasteiger partial charge in [-0.15, -0.1) is 0 Å². The quantitative estimate of drug-likeness (QED) is 0.875. The molecule has 3 unspecified atom stereocenters. The van der Waals surface area contributed by atoms with E-state index in [1.807, 2.05) is 10.9 Å². The van der Waals surface area contributed by atoms with E-state index in [0.29, 0.717) is 5.92 Å². The van der Waals surface area contributed by atoms with Crippen LogP contribution in [0, 0.1) is 11.8 Å². The van der Waals surface area contributed by atoms with Crippen LogP contribution < -0.4 is 5.73 Å². The molecule has 17 heavy (non-hydrogen) atoms. The fourth-order valence-corrected chi connectivity index (χ4v) is 3.10. The third-order valence-corrected chi connectivity index (χ3v) is 4.61. The van der Waals surface area contributed by atoms with Crippen LogP contribution in [-0.4, -0.2) is 15.3 Å². The lowest BCUT2D eigenvalue weighted by atomic mass is 9.67. The van der Waals surface area contributed by atoms with Crippen molar-refractivity contribution in [1.29, 1.82) is 0 Å². The van der Waals surface area contributed by atoms with Gasteiger partial charge in [-0.25, -0.2) is 0 Å². The molecule has 2 N–H and O–H groups in total. The van der Waals surface area contributed by atoms with Crippen LogP contribution in [0.4, 0.5) is 0 Å². The Kier molecular flexibility index (Phi) is 3.57. The maximum Gasteiger partial charge on any atom is 0.0522 e. The first-order chi connectivity index (χ1) is 8.05. The number of nitrogens with two attached hydrogens (primary N) is 1. The van der Waals surface area contributed by atoms with Gasteiger partial charge in [0.05, 0.1) is 6.20 Å². The predicted molar refractivity (Wildman–Crippen MR) is 70.7 cm³/mol. The molecule has 1 saturated carbocycles. The third-order valence-electron chi connectivity index (χ3n) is 4.61. The van der Waals surface area contributed by atoms with Crippen LogP contribution in [0.5, 0.6) is 0 Å². The molecular formula is C14H25N3. The summed E-state index contributed by atoms with van der Waals surface area (Å²) in [5.74, 6) is 1.34. The van der Waals surface area contributed by atoms with E-state index in [-0.39, 0.29) is 5.54 Å². The highest BCUT2D eigenvalue weighted by Crippen LogP contribution is 2.37. The predicted octanol–water partition coefficient (Wildman–Crippen LogP) is 2.60. The van der Waals surface area contributed by atoms with Gasteiger partial charge >= 0.3 is 0 Å². The van der Waals surface area contributed by atoms with Gasteiger partial charge in [-0.2, -0.15) is 5.10 Å². The van der Waals surface area contributed by atoms with Gasteiger partial charge in [0, 0.05) is 18.3 Å². The molecule has 3 atom stereocenters. The van der Waals surface area contributed by atoms with E-state index < -0.39 is 0 Å². The van der Waals surface area contributed by atoms with Gasteiger partial charge in [0.15, 0.2) is 0 Å². The number of hydrogen-bond donors (Lipinski definition) is 1. The number of nitrogens with zero attached hydrogens (tertiary/aromatic N) is 2. The van der Waals surface area contributed by atoms with Crippen molar-refractivity contribution in [1.82, 2.24) is 9.78 Å². The molecule has 0 radical (unpaired) electrons. The van der Waals surface area contributed by atoms with Crippen molar-refractivity contribution in [2.24, 2.45) is 17.6 Å².